The van der Waals surface area contributed by atoms with Gasteiger partial charge in [-0.15, -0.1) is 0 Å². The van der Waals surface area contributed by atoms with Gasteiger partial charge in [0.25, 0.3) is 0 Å². The predicted molar refractivity (Wildman–Crippen MR) is 84.3 cm³/mol. The molecule has 0 aliphatic rings. The standard InChI is InChI=1S/C17H34O4/c1-13(11-15(2,3)4)10-14(18)19-21-20-17(8,9)12-16(5,6)7/h13H,10-12H2,1-9H3. The number of carbonyl (C=O) groups is 1. The Balaban J connectivity index is 4.04. The van der Waals surface area contributed by atoms with E-state index in [0.29, 0.717) is 6.42 Å². The highest BCUT2D eigenvalue weighted by molar-refractivity contribution is 5.68. The van der Waals surface area contributed by atoms with Crippen LogP contribution in [0.4, 0.5) is 0 Å². The van der Waals surface area contributed by atoms with Crippen LogP contribution in [-0.2, 0) is 19.6 Å². The Bertz CT molecular complexity index is 321. The van der Waals surface area contributed by atoms with Crippen LogP contribution < -0.4 is 0 Å². The summed E-state index contributed by atoms with van der Waals surface area (Å²) in [5.74, 6) is -0.137. The van der Waals surface area contributed by atoms with Crippen LogP contribution >= 0.6 is 0 Å². The maximum absolute atomic E-state index is 11.7. The van der Waals surface area contributed by atoms with Gasteiger partial charge >= 0.3 is 5.97 Å². The summed E-state index contributed by atoms with van der Waals surface area (Å²) < 4.78 is 0. The van der Waals surface area contributed by atoms with Crippen LogP contribution in [0.15, 0.2) is 0 Å². The fourth-order valence-corrected chi connectivity index (χ4v) is 2.89. The molecule has 0 aromatic heterocycles. The second-order valence-electron chi connectivity index (χ2n) is 9.18. The van der Waals surface area contributed by atoms with E-state index in [1.807, 2.05) is 20.8 Å². The molecule has 0 heterocycles. The van der Waals surface area contributed by atoms with Gasteiger partial charge in [-0.1, -0.05) is 48.5 Å². The zero-order chi connectivity index (χ0) is 16.9. The molecule has 0 N–H and O–H groups in total. The van der Waals surface area contributed by atoms with E-state index in [9.17, 15) is 4.79 Å². The van der Waals surface area contributed by atoms with Crippen LogP contribution in [0.1, 0.15) is 81.6 Å². The van der Waals surface area contributed by atoms with Crippen molar-refractivity contribution in [1.29, 1.82) is 0 Å². The summed E-state index contributed by atoms with van der Waals surface area (Å²) >= 11 is 0. The highest BCUT2D eigenvalue weighted by Crippen LogP contribution is 2.30. The molecule has 0 saturated carbocycles. The molecule has 0 aromatic carbocycles. The normalized spacial score (nSPS) is 14.9. The van der Waals surface area contributed by atoms with Crippen molar-refractivity contribution >= 4 is 5.97 Å². The Morgan fingerprint density at radius 3 is 1.90 bits per heavy atom. The van der Waals surface area contributed by atoms with E-state index in [1.165, 1.54) is 0 Å². The SMILES string of the molecule is CC(CC(=O)OOOC(C)(C)CC(C)(C)C)CC(C)(C)C. The highest BCUT2D eigenvalue weighted by atomic mass is 17.5. The lowest BCUT2D eigenvalue weighted by atomic mass is 9.84. The molecule has 0 aliphatic heterocycles. The van der Waals surface area contributed by atoms with Crippen LogP contribution in [0, 0.1) is 16.7 Å². The van der Waals surface area contributed by atoms with Gasteiger partial charge in [-0.05, 0) is 48.5 Å². The van der Waals surface area contributed by atoms with Crippen molar-refractivity contribution in [3.63, 3.8) is 0 Å². The highest BCUT2D eigenvalue weighted by Gasteiger charge is 2.28. The monoisotopic (exact) mass is 302 g/mol. The molecule has 1 unspecified atom stereocenters. The molecule has 0 spiro atoms. The number of carbonyl (C=O) groups excluding carboxylic acids is 1. The van der Waals surface area contributed by atoms with Crippen molar-refractivity contribution in [2.24, 2.45) is 16.7 Å². The second-order valence-corrected chi connectivity index (χ2v) is 9.18. The number of hydrogen-bond acceptors (Lipinski definition) is 4. The van der Waals surface area contributed by atoms with Crippen LogP contribution in [0.2, 0.25) is 0 Å². The summed E-state index contributed by atoms with van der Waals surface area (Å²) in [6.45, 7) is 18.7. The fourth-order valence-electron chi connectivity index (χ4n) is 2.89. The molecule has 0 radical (unpaired) electrons. The first-order valence-electron chi connectivity index (χ1n) is 7.75. The zero-order valence-corrected chi connectivity index (χ0v) is 15.3. The quantitative estimate of drug-likeness (QED) is 0.486. The van der Waals surface area contributed by atoms with Crippen molar-refractivity contribution in [2.75, 3.05) is 0 Å². The van der Waals surface area contributed by atoms with E-state index in [2.05, 4.69) is 46.6 Å². The van der Waals surface area contributed by atoms with E-state index in [-0.39, 0.29) is 16.7 Å². The summed E-state index contributed by atoms with van der Waals surface area (Å²) in [5, 5.41) is 4.69. The van der Waals surface area contributed by atoms with E-state index in [1.54, 1.807) is 0 Å². The molecule has 0 aromatic rings. The summed E-state index contributed by atoms with van der Waals surface area (Å²) in [5.41, 5.74) is -0.195. The summed E-state index contributed by atoms with van der Waals surface area (Å²) in [6.07, 6.45) is 2.08. The predicted octanol–water partition coefficient (Wildman–Crippen LogP) is 5.07. The van der Waals surface area contributed by atoms with Crippen LogP contribution in [-0.4, -0.2) is 11.6 Å². The maximum atomic E-state index is 11.7. The number of hydrogen-bond donors (Lipinski definition) is 0. The average Bonchev–Trinajstić information content (AvgIpc) is 2.08. The lowest BCUT2D eigenvalue weighted by molar-refractivity contribution is -0.518. The third-order valence-corrected chi connectivity index (χ3v) is 2.82. The lowest BCUT2D eigenvalue weighted by Gasteiger charge is -2.29. The van der Waals surface area contributed by atoms with Gasteiger partial charge in [0.15, 0.2) is 0 Å². The molecule has 0 saturated heterocycles. The van der Waals surface area contributed by atoms with Gasteiger partial charge in [0.05, 0.1) is 6.42 Å². The van der Waals surface area contributed by atoms with Crippen molar-refractivity contribution in [2.45, 2.75) is 87.2 Å². The Morgan fingerprint density at radius 2 is 1.48 bits per heavy atom. The second kappa shape index (κ2) is 7.59. The van der Waals surface area contributed by atoms with Crippen LogP contribution in [0.5, 0.6) is 0 Å². The topological polar surface area (TPSA) is 44.8 Å². The van der Waals surface area contributed by atoms with E-state index >= 15 is 0 Å². The third-order valence-electron chi connectivity index (χ3n) is 2.82. The molecule has 4 heteroatoms. The smallest absolute Gasteiger partial charge is 0.269 e. The minimum absolute atomic E-state index is 0.109. The molecule has 0 bridgehead atoms. The third kappa shape index (κ3) is 12.8. The van der Waals surface area contributed by atoms with Crippen molar-refractivity contribution in [3.05, 3.63) is 0 Å². The van der Waals surface area contributed by atoms with E-state index in [4.69, 9.17) is 9.78 Å². The first kappa shape index (κ1) is 20.4. The molecule has 0 amide bonds. The van der Waals surface area contributed by atoms with E-state index < -0.39 is 11.6 Å². The Labute approximate surface area is 130 Å². The summed E-state index contributed by atoms with van der Waals surface area (Å²) in [6, 6.07) is 0. The Hall–Kier alpha value is -0.610. The van der Waals surface area contributed by atoms with Gasteiger partial charge in [-0.2, -0.15) is 4.89 Å². The maximum Gasteiger partial charge on any atom is 0.345 e. The zero-order valence-electron chi connectivity index (χ0n) is 15.3. The van der Waals surface area contributed by atoms with Gasteiger partial charge in [0.2, 0.25) is 0 Å². The van der Waals surface area contributed by atoms with Gasteiger partial charge in [-0.25, -0.2) is 4.79 Å². The molecular weight excluding hydrogens is 268 g/mol. The van der Waals surface area contributed by atoms with Crippen LogP contribution in [0.3, 0.4) is 0 Å². The van der Waals surface area contributed by atoms with E-state index in [0.717, 1.165) is 12.8 Å². The van der Waals surface area contributed by atoms with Crippen molar-refractivity contribution < 1.29 is 19.6 Å². The van der Waals surface area contributed by atoms with Gasteiger partial charge < -0.3 is 0 Å². The fraction of sp³-hybridized carbons (Fsp3) is 0.941. The molecule has 21 heavy (non-hydrogen) atoms. The summed E-state index contributed by atoms with van der Waals surface area (Å²) in [7, 11) is 0. The molecule has 0 rings (SSSR count). The largest absolute Gasteiger partial charge is 0.345 e. The van der Waals surface area contributed by atoms with Gasteiger partial charge in [0, 0.05) is 0 Å². The molecule has 0 fully saturated rings. The average molecular weight is 302 g/mol. The Kier molecular flexibility index (Phi) is 7.37. The molecule has 0 aliphatic carbocycles. The first-order chi connectivity index (χ1) is 9.20. The Morgan fingerprint density at radius 1 is 0.952 bits per heavy atom. The number of rotatable bonds is 7. The van der Waals surface area contributed by atoms with Crippen molar-refractivity contribution in [1.82, 2.24) is 0 Å². The summed E-state index contributed by atoms with van der Waals surface area (Å²) in [4.78, 5) is 21.6. The lowest BCUT2D eigenvalue weighted by Crippen LogP contribution is -2.31. The van der Waals surface area contributed by atoms with Gasteiger partial charge in [0.1, 0.15) is 5.60 Å². The first-order valence-corrected chi connectivity index (χ1v) is 7.75. The van der Waals surface area contributed by atoms with Gasteiger partial charge in [-0.3, -0.25) is 4.89 Å². The minimum atomic E-state index is -0.504. The molecular formula is C17H34O4. The minimum Gasteiger partial charge on any atom is -0.269 e. The van der Waals surface area contributed by atoms with Crippen molar-refractivity contribution in [3.8, 4) is 0 Å². The van der Waals surface area contributed by atoms with Crippen LogP contribution in [0.25, 0.3) is 0 Å². The molecule has 1 atom stereocenters. The molecule has 4 nitrogen and oxygen atoms in total. The molecule has 126 valence electrons.